The van der Waals surface area contributed by atoms with E-state index in [1.165, 1.54) is 0 Å². The van der Waals surface area contributed by atoms with Gasteiger partial charge in [0.1, 0.15) is 0 Å². The predicted octanol–water partition coefficient (Wildman–Crippen LogP) is 2.61. The molecule has 0 aliphatic heterocycles. The van der Waals surface area contributed by atoms with Gasteiger partial charge in [0.2, 0.25) is 0 Å². The third kappa shape index (κ3) is 3.63. The van der Waals surface area contributed by atoms with E-state index in [9.17, 15) is 9.59 Å². The summed E-state index contributed by atoms with van der Waals surface area (Å²) in [5, 5.41) is 0. The predicted molar refractivity (Wildman–Crippen MR) is 78.5 cm³/mol. The van der Waals surface area contributed by atoms with Crippen molar-refractivity contribution in [1.82, 2.24) is 0 Å². The van der Waals surface area contributed by atoms with Crippen LogP contribution >= 0.6 is 0 Å². The molecule has 4 heteroatoms. The Labute approximate surface area is 125 Å². The quantitative estimate of drug-likeness (QED) is 0.756. The molecule has 1 fully saturated rings. The summed E-state index contributed by atoms with van der Waals surface area (Å²) in [4.78, 5) is 23.6. The summed E-state index contributed by atoms with van der Waals surface area (Å²) in [6, 6.07) is 9.48. The van der Waals surface area contributed by atoms with E-state index in [1.54, 1.807) is 6.92 Å². The zero-order valence-electron chi connectivity index (χ0n) is 12.8. The van der Waals surface area contributed by atoms with Crippen LogP contribution in [0.2, 0.25) is 0 Å². The Hall–Kier alpha value is -1.84. The molecule has 0 saturated heterocycles. The molecule has 1 aromatic rings. The molecule has 0 aromatic heterocycles. The molecule has 2 unspecified atom stereocenters. The maximum absolute atomic E-state index is 11.8. The molecule has 1 saturated carbocycles. The number of benzene rings is 1. The SMILES string of the molecule is CCOC(=O)C1C(COC(=O)Cc2ccccc2)C1(C)C. The Kier molecular flexibility index (Phi) is 4.66. The van der Waals surface area contributed by atoms with Crippen LogP contribution in [0, 0.1) is 17.3 Å². The van der Waals surface area contributed by atoms with Crippen LogP contribution < -0.4 is 0 Å². The standard InChI is InChI=1S/C17H22O4/c1-4-20-16(19)15-13(17(15,2)3)11-21-14(18)10-12-8-6-5-7-9-12/h5-9,13,15H,4,10-11H2,1-3H3. The molecule has 0 N–H and O–H groups in total. The van der Waals surface area contributed by atoms with Crippen molar-refractivity contribution < 1.29 is 19.1 Å². The van der Waals surface area contributed by atoms with Crippen LogP contribution in [-0.4, -0.2) is 25.2 Å². The zero-order chi connectivity index (χ0) is 15.5. The van der Waals surface area contributed by atoms with E-state index in [0.29, 0.717) is 6.61 Å². The molecule has 1 aliphatic rings. The van der Waals surface area contributed by atoms with Gasteiger partial charge in [-0.2, -0.15) is 0 Å². The Morgan fingerprint density at radius 3 is 2.43 bits per heavy atom. The van der Waals surface area contributed by atoms with E-state index >= 15 is 0 Å². The topological polar surface area (TPSA) is 52.6 Å². The number of carbonyl (C=O) groups is 2. The van der Waals surface area contributed by atoms with Crippen LogP contribution in [0.15, 0.2) is 30.3 Å². The number of hydrogen-bond donors (Lipinski definition) is 0. The molecule has 0 radical (unpaired) electrons. The highest BCUT2D eigenvalue weighted by Gasteiger charge is 2.63. The van der Waals surface area contributed by atoms with Crippen molar-refractivity contribution in [2.75, 3.05) is 13.2 Å². The third-order valence-corrected chi connectivity index (χ3v) is 4.21. The first-order chi connectivity index (χ1) is 9.96. The molecule has 21 heavy (non-hydrogen) atoms. The Balaban J connectivity index is 1.81. The van der Waals surface area contributed by atoms with Gasteiger partial charge in [-0.15, -0.1) is 0 Å². The van der Waals surface area contributed by atoms with Crippen LogP contribution in [0.4, 0.5) is 0 Å². The zero-order valence-corrected chi connectivity index (χ0v) is 12.8. The molecule has 0 bridgehead atoms. The fraction of sp³-hybridized carbons (Fsp3) is 0.529. The van der Waals surface area contributed by atoms with Gasteiger partial charge in [0, 0.05) is 5.92 Å². The summed E-state index contributed by atoms with van der Waals surface area (Å²) in [7, 11) is 0. The van der Waals surface area contributed by atoms with Crippen molar-refractivity contribution in [2.24, 2.45) is 17.3 Å². The van der Waals surface area contributed by atoms with Gasteiger partial charge in [-0.1, -0.05) is 44.2 Å². The van der Waals surface area contributed by atoms with Gasteiger partial charge in [0.05, 0.1) is 25.6 Å². The highest BCUT2D eigenvalue weighted by Crippen LogP contribution is 2.58. The molecular weight excluding hydrogens is 268 g/mol. The van der Waals surface area contributed by atoms with Crippen LogP contribution in [0.25, 0.3) is 0 Å². The van der Waals surface area contributed by atoms with Crippen molar-refractivity contribution in [2.45, 2.75) is 27.2 Å². The van der Waals surface area contributed by atoms with E-state index in [2.05, 4.69) is 0 Å². The summed E-state index contributed by atoms with van der Waals surface area (Å²) < 4.78 is 10.4. The van der Waals surface area contributed by atoms with Gasteiger partial charge in [-0.25, -0.2) is 0 Å². The summed E-state index contributed by atoms with van der Waals surface area (Å²) in [5.74, 6) is -0.559. The minimum atomic E-state index is -0.258. The van der Waals surface area contributed by atoms with Crippen molar-refractivity contribution >= 4 is 11.9 Å². The van der Waals surface area contributed by atoms with E-state index in [0.717, 1.165) is 5.56 Å². The van der Waals surface area contributed by atoms with Crippen molar-refractivity contribution in [3.05, 3.63) is 35.9 Å². The lowest BCUT2D eigenvalue weighted by molar-refractivity contribution is -0.148. The fourth-order valence-corrected chi connectivity index (χ4v) is 2.75. The lowest BCUT2D eigenvalue weighted by Crippen LogP contribution is -2.13. The van der Waals surface area contributed by atoms with Gasteiger partial charge in [-0.3, -0.25) is 9.59 Å². The first kappa shape index (κ1) is 15.5. The maximum atomic E-state index is 11.8. The Bertz CT molecular complexity index is 507. The molecule has 2 atom stereocenters. The van der Waals surface area contributed by atoms with Gasteiger partial charge in [0.15, 0.2) is 0 Å². The first-order valence-electron chi connectivity index (χ1n) is 7.33. The van der Waals surface area contributed by atoms with E-state index < -0.39 is 0 Å². The number of hydrogen-bond acceptors (Lipinski definition) is 4. The summed E-state index contributed by atoms with van der Waals surface area (Å²) in [6.45, 7) is 6.46. The van der Waals surface area contributed by atoms with Gasteiger partial charge in [-0.05, 0) is 17.9 Å². The molecule has 0 heterocycles. The number of rotatable bonds is 6. The molecule has 0 spiro atoms. The highest BCUT2D eigenvalue weighted by molar-refractivity contribution is 5.78. The molecular formula is C17H22O4. The molecule has 4 nitrogen and oxygen atoms in total. The minimum Gasteiger partial charge on any atom is -0.466 e. The molecule has 1 aliphatic carbocycles. The lowest BCUT2D eigenvalue weighted by Gasteiger charge is -2.05. The average molecular weight is 290 g/mol. The average Bonchev–Trinajstić information content (AvgIpc) is 2.99. The van der Waals surface area contributed by atoms with Crippen LogP contribution in [0.5, 0.6) is 0 Å². The second-order valence-electron chi connectivity index (χ2n) is 6.00. The Morgan fingerprint density at radius 2 is 1.81 bits per heavy atom. The summed E-state index contributed by atoms with van der Waals surface area (Å²) in [6.07, 6.45) is 0.262. The fourth-order valence-electron chi connectivity index (χ4n) is 2.75. The van der Waals surface area contributed by atoms with Crippen LogP contribution in [-0.2, 0) is 25.5 Å². The number of ether oxygens (including phenoxy) is 2. The second-order valence-corrected chi connectivity index (χ2v) is 6.00. The van der Waals surface area contributed by atoms with Crippen LogP contribution in [0.3, 0.4) is 0 Å². The highest BCUT2D eigenvalue weighted by atomic mass is 16.5. The summed E-state index contributed by atoms with van der Waals surface area (Å²) >= 11 is 0. The molecule has 114 valence electrons. The number of carbonyl (C=O) groups excluding carboxylic acids is 2. The lowest BCUT2D eigenvalue weighted by atomic mass is 10.1. The largest absolute Gasteiger partial charge is 0.466 e. The van der Waals surface area contributed by atoms with Crippen LogP contribution in [0.1, 0.15) is 26.3 Å². The maximum Gasteiger partial charge on any atom is 0.310 e. The monoisotopic (exact) mass is 290 g/mol. The number of esters is 2. The smallest absolute Gasteiger partial charge is 0.310 e. The van der Waals surface area contributed by atoms with E-state index in [4.69, 9.17) is 9.47 Å². The Morgan fingerprint density at radius 1 is 1.14 bits per heavy atom. The summed E-state index contributed by atoms with van der Waals surface area (Å²) in [5.41, 5.74) is 0.777. The molecule has 0 amide bonds. The van der Waals surface area contributed by atoms with Gasteiger partial charge < -0.3 is 9.47 Å². The van der Waals surface area contributed by atoms with E-state index in [-0.39, 0.29) is 42.2 Å². The first-order valence-corrected chi connectivity index (χ1v) is 7.33. The normalized spacial score (nSPS) is 22.4. The minimum absolute atomic E-state index is 0.0521. The third-order valence-electron chi connectivity index (χ3n) is 4.21. The van der Waals surface area contributed by atoms with Gasteiger partial charge >= 0.3 is 11.9 Å². The molecule has 1 aromatic carbocycles. The second kappa shape index (κ2) is 6.29. The van der Waals surface area contributed by atoms with Crippen molar-refractivity contribution in [1.29, 1.82) is 0 Å². The van der Waals surface area contributed by atoms with E-state index in [1.807, 2.05) is 44.2 Å². The van der Waals surface area contributed by atoms with Crippen molar-refractivity contribution in [3.63, 3.8) is 0 Å². The van der Waals surface area contributed by atoms with Gasteiger partial charge in [0.25, 0.3) is 0 Å². The van der Waals surface area contributed by atoms with Crippen molar-refractivity contribution in [3.8, 4) is 0 Å². The molecule has 2 rings (SSSR count).